The third-order valence-electron chi connectivity index (χ3n) is 4.98. The molecule has 0 radical (unpaired) electrons. The van der Waals surface area contributed by atoms with E-state index >= 15 is 0 Å². The van der Waals surface area contributed by atoms with Gasteiger partial charge in [-0.15, -0.1) is 10.2 Å². The standard InChI is InChI=1S/C25H22ClFN4OS/c26-21-10-6-18(7-11-21)14-15-28-23(32)17-33-25-30-29-24(20-8-12-22(27)13-9-20)31(25)16-19-4-2-1-3-5-19/h1-13H,14-17H2,(H,28,32). The monoisotopic (exact) mass is 480 g/mol. The van der Waals surface area contributed by atoms with Crippen molar-refractivity contribution in [2.45, 2.75) is 18.1 Å². The van der Waals surface area contributed by atoms with Gasteiger partial charge in [0.15, 0.2) is 11.0 Å². The largest absolute Gasteiger partial charge is 0.355 e. The van der Waals surface area contributed by atoms with E-state index in [9.17, 15) is 9.18 Å². The number of carbonyl (C=O) groups excluding carboxylic acids is 1. The summed E-state index contributed by atoms with van der Waals surface area (Å²) < 4.78 is 15.3. The van der Waals surface area contributed by atoms with E-state index in [0.29, 0.717) is 29.1 Å². The summed E-state index contributed by atoms with van der Waals surface area (Å²) in [4.78, 5) is 12.4. The summed E-state index contributed by atoms with van der Waals surface area (Å²) in [5.41, 5.74) is 2.95. The van der Waals surface area contributed by atoms with Crippen LogP contribution in [0.1, 0.15) is 11.1 Å². The Bertz CT molecular complexity index is 1200. The molecule has 1 aromatic heterocycles. The van der Waals surface area contributed by atoms with E-state index in [1.165, 1.54) is 23.9 Å². The van der Waals surface area contributed by atoms with Gasteiger partial charge in [0, 0.05) is 17.1 Å². The Morgan fingerprint density at radius 2 is 1.67 bits per heavy atom. The molecular formula is C25H22ClFN4OS. The fraction of sp³-hybridized carbons (Fsp3) is 0.160. The van der Waals surface area contributed by atoms with Crippen molar-refractivity contribution in [3.8, 4) is 11.4 Å². The molecule has 1 amide bonds. The van der Waals surface area contributed by atoms with E-state index in [1.54, 1.807) is 12.1 Å². The summed E-state index contributed by atoms with van der Waals surface area (Å²) >= 11 is 7.23. The van der Waals surface area contributed by atoms with Crippen LogP contribution < -0.4 is 5.32 Å². The minimum Gasteiger partial charge on any atom is -0.355 e. The fourth-order valence-electron chi connectivity index (χ4n) is 3.29. The molecule has 0 aliphatic heterocycles. The number of nitrogens with one attached hydrogen (secondary N) is 1. The Kier molecular flexibility index (Phi) is 7.75. The third kappa shape index (κ3) is 6.43. The summed E-state index contributed by atoms with van der Waals surface area (Å²) in [5, 5.41) is 12.9. The Morgan fingerprint density at radius 1 is 0.939 bits per heavy atom. The second-order valence-corrected chi connectivity index (χ2v) is 8.78. The zero-order chi connectivity index (χ0) is 23.0. The molecule has 0 fully saturated rings. The number of hydrogen-bond donors (Lipinski definition) is 1. The Balaban J connectivity index is 1.42. The maximum Gasteiger partial charge on any atom is 0.230 e. The molecule has 168 valence electrons. The van der Waals surface area contributed by atoms with Crippen LogP contribution in [0.5, 0.6) is 0 Å². The number of hydrogen-bond acceptors (Lipinski definition) is 4. The third-order valence-corrected chi connectivity index (χ3v) is 6.20. The van der Waals surface area contributed by atoms with E-state index in [1.807, 2.05) is 59.2 Å². The van der Waals surface area contributed by atoms with E-state index in [4.69, 9.17) is 11.6 Å². The van der Waals surface area contributed by atoms with E-state index in [2.05, 4.69) is 15.5 Å². The van der Waals surface area contributed by atoms with Crippen LogP contribution in [0.25, 0.3) is 11.4 Å². The van der Waals surface area contributed by atoms with Crippen LogP contribution in [0.4, 0.5) is 4.39 Å². The van der Waals surface area contributed by atoms with Crippen molar-refractivity contribution in [1.29, 1.82) is 0 Å². The smallest absolute Gasteiger partial charge is 0.230 e. The summed E-state index contributed by atoms with van der Waals surface area (Å²) in [6, 6.07) is 23.7. The number of aromatic nitrogens is 3. The molecule has 0 unspecified atom stereocenters. The van der Waals surface area contributed by atoms with Crippen LogP contribution in [0, 0.1) is 5.82 Å². The van der Waals surface area contributed by atoms with Crippen LogP contribution >= 0.6 is 23.4 Å². The Morgan fingerprint density at radius 3 is 2.39 bits per heavy atom. The van der Waals surface area contributed by atoms with Crippen LogP contribution in [0.15, 0.2) is 84.0 Å². The highest BCUT2D eigenvalue weighted by molar-refractivity contribution is 7.99. The molecule has 4 aromatic rings. The molecule has 33 heavy (non-hydrogen) atoms. The fourth-order valence-corrected chi connectivity index (χ4v) is 4.19. The van der Waals surface area contributed by atoms with Crippen molar-refractivity contribution >= 4 is 29.3 Å². The molecular weight excluding hydrogens is 459 g/mol. The average Bonchev–Trinajstić information content (AvgIpc) is 3.22. The van der Waals surface area contributed by atoms with Crippen molar-refractivity contribution < 1.29 is 9.18 Å². The maximum atomic E-state index is 13.4. The summed E-state index contributed by atoms with van der Waals surface area (Å²) in [5.74, 6) is 0.463. The molecule has 0 saturated heterocycles. The first-order valence-electron chi connectivity index (χ1n) is 10.5. The molecule has 5 nitrogen and oxygen atoms in total. The Hall–Kier alpha value is -3.16. The molecule has 4 rings (SSSR count). The molecule has 0 saturated carbocycles. The first-order chi connectivity index (χ1) is 16.1. The number of nitrogens with zero attached hydrogens (tertiary/aromatic N) is 3. The predicted octanol–water partition coefficient (Wildman–Crippen LogP) is 5.24. The lowest BCUT2D eigenvalue weighted by molar-refractivity contribution is -0.118. The Labute approximate surface area is 201 Å². The normalized spacial score (nSPS) is 10.8. The van der Waals surface area contributed by atoms with Gasteiger partial charge in [0.05, 0.1) is 12.3 Å². The molecule has 8 heteroatoms. The van der Waals surface area contributed by atoms with Crippen LogP contribution in [0.2, 0.25) is 5.02 Å². The van der Waals surface area contributed by atoms with Crippen molar-refractivity contribution in [1.82, 2.24) is 20.1 Å². The highest BCUT2D eigenvalue weighted by Crippen LogP contribution is 2.25. The summed E-state index contributed by atoms with van der Waals surface area (Å²) in [6.07, 6.45) is 0.729. The van der Waals surface area contributed by atoms with Gasteiger partial charge in [-0.25, -0.2) is 4.39 Å². The number of carbonyl (C=O) groups is 1. The first-order valence-corrected chi connectivity index (χ1v) is 11.8. The molecule has 3 aromatic carbocycles. The lowest BCUT2D eigenvalue weighted by atomic mass is 10.1. The maximum absolute atomic E-state index is 13.4. The van der Waals surface area contributed by atoms with E-state index < -0.39 is 0 Å². The number of amides is 1. The van der Waals surface area contributed by atoms with Gasteiger partial charge in [-0.2, -0.15) is 0 Å². The lowest BCUT2D eigenvalue weighted by Gasteiger charge is -2.11. The molecule has 1 N–H and O–H groups in total. The lowest BCUT2D eigenvalue weighted by Crippen LogP contribution is -2.27. The van der Waals surface area contributed by atoms with E-state index in [0.717, 1.165) is 23.1 Å². The van der Waals surface area contributed by atoms with Crippen molar-refractivity contribution in [2.24, 2.45) is 0 Å². The van der Waals surface area contributed by atoms with Gasteiger partial charge in [-0.3, -0.25) is 9.36 Å². The highest BCUT2D eigenvalue weighted by atomic mass is 35.5. The zero-order valence-electron chi connectivity index (χ0n) is 17.7. The van der Waals surface area contributed by atoms with Gasteiger partial charge in [-0.05, 0) is 53.9 Å². The van der Waals surface area contributed by atoms with Crippen molar-refractivity contribution in [2.75, 3.05) is 12.3 Å². The van der Waals surface area contributed by atoms with Gasteiger partial charge < -0.3 is 5.32 Å². The van der Waals surface area contributed by atoms with Crippen LogP contribution in [-0.2, 0) is 17.8 Å². The van der Waals surface area contributed by atoms with E-state index in [-0.39, 0.29) is 17.5 Å². The topological polar surface area (TPSA) is 59.8 Å². The summed E-state index contributed by atoms with van der Waals surface area (Å²) in [7, 11) is 0. The molecule has 0 aliphatic rings. The highest BCUT2D eigenvalue weighted by Gasteiger charge is 2.16. The van der Waals surface area contributed by atoms with Crippen LogP contribution in [0.3, 0.4) is 0 Å². The molecule has 0 spiro atoms. The summed E-state index contributed by atoms with van der Waals surface area (Å²) in [6.45, 7) is 1.08. The first kappa shape index (κ1) is 23.0. The minimum atomic E-state index is -0.308. The second-order valence-electron chi connectivity index (χ2n) is 7.40. The minimum absolute atomic E-state index is 0.0773. The van der Waals surface area contributed by atoms with Gasteiger partial charge in [0.1, 0.15) is 5.82 Å². The van der Waals surface area contributed by atoms with Gasteiger partial charge in [0.2, 0.25) is 5.91 Å². The second kappa shape index (κ2) is 11.1. The van der Waals surface area contributed by atoms with Crippen molar-refractivity contribution in [3.63, 3.8) is 0 Å². The van der Waals surface area contributed by atoms with Gasteiger partial charge >= 0.3 is 0 Å². The number of thioether (sulfide) groups is 1. The zero-order valence-corrected chi connectivity index (χ0v) is 19.3. The van der Waals surface area contributed by atoms with Gasteiger partial charge in [0.25, 0.3) is 0 Å². The quantitative estimate of drug-likeness (QED) is 0.333. The number of benzene rings is 3. The predicted molar refractivity (Wildman–Crippen MR) is 130 cm³/mol. The SMILES string of the molecule is O=C(CSc1nnc(-c2ccc(F)cc2)n1Cc1ccccc1)NCCc1ccc(Cl)cc1. The molecule has 1 heterocycles. The van der Waals surface area contributed by atoms with Gasteiger partial charge in [-0.1, -0.05) is 65.8 Å². The van der Waals surface area contributed by atoms with Crippen LogP contribution in [-0.4, -0.2) is 33.0 Å². The molecule has 0 aliphatic carbocycles. The molecule has 0 bridgehead atoms. The number of halogens is 2. The molecule has 0 atom stereocenters. The average molecular weight is 481 g/mol. The van der Waals surface area contributed by atoms with Crippen molar-refractivity contribution in [3.05, 3.63) is 101 Å². The number of rotatable bonds is 9.